The third-order valence-electron chi connectivity index (χ3n) is 3.01. The number of amides is 1. The van der Waals surface area contributed by atoms with E-state index in [2.05, 4.69) is 15.4 Å². The first-order valence-electron chi connectivity index (χ1n) is 6.93. The second kappa shape index (κ2) is 8.95. The first-order valence-corrected chi connectivity index (χ1v) is 6.93. The van der Waals surface area contributed by atoms with Gasteiger partial charge in [-0.1, -0.05) is 12.1 Å². The van der Waals surface area contributed by atoms with E-state index in [1.54, 1.807) is 30.3 Å². The Labute approximate surface area is 138 Å². The van der Waals surface area contributed by atoms with Crippen molar-refractivity contribution in [2.45, 2.75) is 19.5 Å². The van der Waals surface area contributed by atoms with Crippen LogP contribution in [0.3, 0.4) is 0 Å². The maximum atomic E-state index is 11.7. The smallest absolute Gasteiger partial charge is 0.337 e. The molecule has 1 rings (SSSR count). The fourth-order valence-electron chi connectivity index (χ4n) is 1.63. The predicted octanol–water partition coefficient (Wildman–Crippen LogP) is 0.560. The normalized spacial score (nSPS) is 11.8. The predicted molar refractivity (Wildman–Crippen MR) is 83.6 cm³/mol. The van der Waals surface area contributed by atoms with Gasteiger partial charge in [0.15, 0.2) is 0 Å². The Balaban J connectivity index is 2.63. The van der Waals surface area contributed by atoms with Crippen LogP contribution in [0.25, 0.3) is 0 Å². The third-order valence-corrected chi connectivity index (χ3v) is 3.01. The molecule has 1 aromatic carbocycles. The summed E-state index contributed by atoms with van der Waals surface area (Å²) in [6.45, 7) is 1.61. The van der Waals surface area contributed by atoms with E-state index in [0.717, 1.165) is 5.56 Å². The molecular weight excluding hydrogens is 314 g/mol. The standard InChI is InChI=1S/C16H17N3O5/c1-10(15(21)22)19-14(20)13(7-17)9-18-8-11-3-5-12(6-4-11)16(23)24-2/h3-6,9-10,18H,8H2,1-2H3,(H,19,20)(H,21,22)/b13-9-. The Morgan fingerprint density at radius 1 is 1.33 bits per heavy atom. The van der Waals surface area contributed by atoms with E-state index in [1.807, 2.05) is 0 Å². The molecule has 0 heterocycles. The van der Waals surface area contributed by atoms with Crippen LogP contribution in [0, 0.1) is 11.3 Å². The van der Waals surface area contributed by atoms with Crippen LogP contribution in [-0.2, 0) is 20.9 Å². The molecule has 0 saturated carbocycles. The van der Waals surface area contributed by atoms with Crippen LogP contribution < -0.4 is 10.6 Å². The SMILES string of the molecule is COC(=O)c1ccc(CN/C=C(/C#N)C(=O)NC(C)C(=O)O)cc1. The molecule has 0 aliphatic heterocycles. The summed E-state index contributed by atoms with van der Waals surface area (Å²) in [6.07, 6.45) is 1.21. The van der Waals surface area contributed by atoms with Gasteiger partial charge in [-0.15, -0.1) is 0 Å². The fourth-order valence-corrected chi connectivity index (χ4v) is 1.63. The van der Waals surface area contributed by atoms with E-state index in [9.17, 15) is 14.4 Å². The molecule has 8 heteroatoms. The molecule has 8 nitrogen and oxygen atoms in total. The molecule has 0 aromatic heterocycles. The Bertz CT molecular complexity index is 689. The van der Waals surface area contributed by atoms with Gasteiger partial charge in [0, 0.05) is 12.7 Å². The summed E-state index contributed by atoms with van der Waals surface area (Å²) in [5, 5.41) is 22.7. The Morgan fingerprint density at radius 2 is 1.96 bits per heavy atom. The molecule has 24 heavy (non-hydrogen) atoms. The maximum absolute atomic E-state index is 11.7. The molecule has 0 radical (unpaired) electrons. The first-order chi connectivity index (χ1) is 11.4. The largest absolute Gasteiger partial charge is 0.480 e. The highest BCUT2D eigenvalue weighted by Gasteiger charge is 2.16. The number of carbonyl (C=O) groups excluding carboxylic acids is 2. The average molecular weight is 331 g/mol. The molecule has 1 unspecified atom stereocenters. The number of esters is 1. The van der Waals surface area contributed by atoms with Crippen molar-refractivity contribution in [2.24, 2.45) is 0 Å². The Morgan fingerprint density at radius 3 is 2.46 bits per heavy atom. The highest BCUT2D eigenvalue weighted by Crippen LogP contribution is 2.05. The lowest BCUT2D eigenvalue weighted by Crippen LogP contribution is -2.39. The minimum Gasteiger partial charge on any atom is -0.480 e. The molecule has 0 bridgehead atoms. The zero-order valence-electron chi connectivity index (χ0n) is 13.2. The van der Waals surface area contributed by atoms with Gasteiger partial charge in [0.2, 0.25) is 0 Å². The lowest BCUT2D eigenvalue weighted by Gasteiger charge is -2.08. The van der Waals surface area contributed by atoms with E-state index >= 15 is 0 Å². The van der Waals surface area contributed by atoms with Crippen LogP contribution in [0.1, 0.15) is 22.8 Å². The van der Waals surface area contributed by atoms with Crippen molar-refractivity contribution < 1.29 is 24.2 Å². The number of rotatable bonds is 7. The first kappa shape index (κ1) is 18.7. The molecule has 0 aliphatic carbocycles. The van der Waals surface area contributed by atoms with Gasteiger partial charge in [-0.2, -0.15) is 5.26 Å². The van der Waals surface area contributed by atoms with Gasteiger partial charge in [-0.3, -0.25) is 9.59 Å². The Kier molecular flexibility index (Phi) is 6.97. The van der Waals surface area contributed by atoms with E-state index in [4.69, 9.17) is 10.4 Å². The van der Waals surface area contributed by atoms with Crippen molar-refractivity contribution in [1.82, 2.24) is 10.6 Å². The van der Waals surface area contributed by atoms with Crippen molar-refractivity contribution in [2.75, 3.05) is 7.11 Å². The number of carboxylic acid groups (broad SMARTS) is 1. The molecule has 0 spiro atoms. The van der Waals surface area contributed by atoms with Gasteiger partial charge in [0.05, 0.1) is 12.7 Å². The van der Waals surface area contributed by atoms with Gasteiger partial charge >= 0.3 is 11.9 Å². The minimum atomic E-state index is -1.20. The number of nitrogens with one attached hydrogen (secondary N) is 2. The quantitative estimate of drug-likeness (QED) is 0.378. The van der Waals surface area contributed by atoms with Crippen molar-refractivity contribution in [3.05, 3.63) is 47.2 Å². The zero-order chi connectivity index (χ0) is 18.1. The van der Waals surface area contributed by atoms with Crippen molar-refractivity contribution in [3.8, 4) is 6.07 Å². The summed E-state index contributed by atoms with van der Waals surface area (Å²) in [5.74, 6) is -2.41. The molecule has 3 N–H and O–H groups in total. The summed E-state index contributed by atoms with van der Waals surface area (Å²) in [4.78, 5) is 33.7. The van der Waals surface area contributed by atoms with Crippen molar-refractivity contribution in [3.63, 3.8) is 0 Å². The highest BCUT2D eigenvalue weighted by molar-refractivity contribution is 5.99. The molecule has 0 aliphatic rings. The maximum Gasteiger partial charge on any atom is 0.337 e. The van der Waals surface area contributed by atoms with E-state index in [-0.39, 0.29) is 5.57 Å². The van der Waals surface area contributed by atoms with Crippen LogP contribution >= 0.6 is 0 Å². The summed E-state index contributed by atoms with van der Waals surface area (Å²) in [6, 6.07) is 7.19. The molecule has 1 atom stereocenters. The second-order valence-corrected chi connectivity index (χ2v) is 4.77. The van der Waals surface area contributed by atoms with Crippen LogP contribution in [0.4, 0.5) is 0 Å². The van der Waals surface area contributed by atoms with Gasteiger partial charge in [0.1, 0.15) is 17.7 Å². The lowest BCUT2D eigenvalue weighted by molar-refractivity contribution is -0.140. The van der Waals surface area contributed by atoms with Crippen molar-refractivity contribution >= 4 is 17.8 Å². The number of carbonyl (C=O) groups is 3. The molecule has 1 amide bonds. The second-order valence-electron chi connectivity index (χ2n) is 4.77. The van der Waals surface area contributed by atoms with E-state index in [0.29, 0.717) is 12.1 Å². The number of nitrogens with zero attached hydrogens (tertiary/aromatic N) is 1. The van der Waals surface area contributed by atoms with Crippen molar-refractivity contribution in [1.29, 1.82) is 5.26 Å². The highest BCUT2D eigenvalue weighted by atomic mass is 16.5. The van der Waals surface area contributed by atoms with E-state index in [1.165, 1.54) is 20.2 Å². The summed E-state index contributed by atoms with van der Waals surface area (Å²) in [7, 11) is 1.29. The number of ether oxygens (including phenoxy) is 1. The lowest BCUT2D eigenvalue weighted by atomic mass is 10.1. The topological polar surface area (TPSA) is 129 Å². The van der Waals surface area contributed by atoms with Crippen LogP contribution in [0.15, 0.2) is 36.0 Å². The van der Waals surface area contributed by atoms with Gasteiger partial charge in [-0.05, 0) is 24.6 Å². The van der Waals surface area contributed by atoms with Crippen LogP contribution in [0.2, 0.25) is 0 Å². The fraction of sp³-hybridized carbons (Fsp3) is 0.250. The summed E-state index contributed by atoms with van der Waals surface area (Å²) in [5.41, 5.74) is 0.987. The Hall–Kier alpha value is -3.34. The molecule has 1 aromatic rings. The monoisotopic (exact) mass is 331 g/mol. The number of aliphatic carboxylic acids is 1. The van der Waals surface area contributed by atoms with E-state index < -0.39 is 23.9 Å². The number of methoxy groups -OCH3 is 1. The molecule has 0 saturated heterocycles. The number of hydrogen-bond donors (Lipinski definition) is 3. The summed E-state index contributed by atoms with van der Waals surface area (Å²) < 4.78 is 4.59. The number of hydrogen-bond acceptors (Lipinski definition) is 6. The van der Waals surface area contributed by atoms with Gasteiger partial charge in [0.25, 0.3) is 5.91 Å². The molecule has 0 fully saturated rings. The van der Waals surface area contributed by atoms with Gasteiger partial charge in [-0.25, -0.2) is 4.79 Å². The van der Waals surface area contributed by atoms with Crippen LogP contribution in [0.5, 0.6) is 0 Å². The van der Waals surface area contributed by atoms with Crippen LogP contribution in [-0.4, -0.2) is 36.1 Å². The minimum absolute atomic E-state index is 0.241. The summed E-state index contributed by atoms with van der Waals surface area (Å²) >= 11 is 0. The average Bonchev–Trinajstić information content (AvgIpc) is 2.58. The third kappa shape index (κ3) is 5.46. The number of benzene rings is 1. The number of carboxylic acids is 1. The zero-order valence-corrected chi connectivity index (χ0v) is 13.2. The number of nitriles is 1. The van der Waals surface area contributed by atoms with Gasteiger partial charge < -0.3 is 20.5 Å². The molecular formula is C16H17N3O5. The molecule has 126 valence electrons.